The lowest BCUT2D eigenvalue weighted by molar-refractivity contribution is -0.0337. The third-order valence-corrected chi connectivity index (χ3v) is 8.21. The van der Waals surface area contributed by atoms with Crippen molar-refractivity contribution in [2.24, 2.45) is 0 Å². The molecule has 0 amide bonds. The summed E-state index contributed by atoms with van der Waals surface area (Å²) in [6.07, 6.45) is 6.21. The number of nitrogens with zero attached hydrogens (tertiary/aromatic N) is 2. The highest BCUT2D eigenvalue weighted by Crippen LogP contribution is 2.41. The second-order valence-corrected chi connectivity index (χ2v) is 10.6. The molecule has 1 saturated carbocycles. The van der Waals surface area contributed by atoms with Crippen molar-refractivity contribution in [2.45, 2.75) is 50.0 Å². The van der Waals surface area contributed by atoms with Crippen LogP contribution in [0.15, 0.2) is 66.7 Å². The van der Waals surface area contributed by atoms with E-state index in [0.717, 1.165) is 70.6 Å². The molecule has 4 nitrogen and oxygen atoms in total. The van der Waals surface area contributed by atoms with Crippen LogP contribution < -0.4 is 4.74 Å². The predicted octanol–water partition coefficient (Wildman–Crippen LogP) is 5.49. The molecule has 0 bridgehead atoms. The third-order valence-electron chi connectivity index (χ3n) is 8.21. The highest BCUT2D eigenvalue weighted by Gasteiger charge is 2.39. The van der Waals surface area contributed by atoms with Gasteiger partial charge in [0.1, 0.15) is 5.75 Å². The summed E-state index contributed by atoms with van der Waals surface area (Å²) in [5, 5.41) is 14.3. The summed E-state index contributed by atoms with van der Waals surface area (Å²) in [7, 11) is 2.20. The second kappa shape index (κ2) is 11.1. The van der Waals surface area contributed by atoms with Crippen LogP contribution >= 0.6 is 0 Å². The molecule has 0 aromatic heterocycles. The Labute approximate surface area is 210 Å². The lowest BCUT2D eigenvalue weighted by Gasteiger charge is -2.43. The van der Waals surface area contributed by atoms with E-state index >= 15 is 0 Å². The Balaban J connectivity index is 1.25. The molecule has 186 valence electrons. The van der Waals surface area contributed by atoms with Crippen molar-refractivity contribution in [3.05, 3.63) is 77.9 Å². The predicted molar refractivity (Wildman–Crippen MR) is 144 cm³/mol. The van der Waals surface area contributed by atoms with Crippen molar-refractivity contribution in [1.82, 2.24) is 9.80 Å². The van der Waals surface area contributed by atoms with E-state index in [1.54, 1.807) is 0 Å². The summed E-state index contributed by atoms with van der Waals surface area (Å²) in [6, 6.07) is 23.6. The number of likely N-dealkylation sites (N-methyl/N-ethyl adjacent to an activating group) is 1. The van der Waals surface area contributed by atoms with Crippen LogP contribution in [0.2, 0.25) is 0 Å². The van der Waals surface area contributed by atoms with E-state index in [1.807, 2.05) is 0 Å². The Bertz CT molecular complexity index is 1080. The van der Waals surface area contributed by atoms with Gasteiger partial charge in [-0.2, -0.15) is 0 Å². The molecule has 3 aromatic carbocycles. The topological polar surface area (TPSA) is 35.9 Å². The lowest BCUT2D eigenvalue weighted by Crippen LogP contribution is -2.50. The fourth-order valence-electron chi connectivity index (χ4n) is 5.97. The van der Waals surface area contributed by atoms with Gasteiger partial charge in [0.15, 0.2) is 0 Å². The van der Waals surface area contributed by atoms with E-state index in [2.05, 4.69) is 83.6 Å². The van der Waals surface area contributed by atoms with Gasteiger partial charge in [0.25, 0.3) is 0 Å². The third kappa shape index (κ3) is 5.88. The fourth-order valence-corrected chi connectivity index (χ4v) is 5.97. The van der Waals surface area contributed by atoms with Crippen LogP contribution in [0.3, 0.4) is 0 Å². The zero-order valence-corrected chi connectivity index (χ0v) is 21.2. The summed E-state index contributed by atoms with van der Waals surface area (Å²) in [4.78, 5) is 4.94. The number of fused-ring (bicyclic) bond motifs is 1. The first-order chi connectivity index (χ1) is 17.1. The van der Waals surface area contributed by atoms with E-state index in [4.69, 9.17) is 4.74 Å². The average molecular weight is 473 g/mol. The summed E-state index contributed by atoms with van der Waals surface area (Å²) in [6.45, 7) is 5.97. The van der Waals surface area contributed by atoms with Crippen molar-refractivity contribution >= 4 is 10.8 Å². The minimum absolute atomic E-state index is 0.149. The molecule has 2 aliphatic rings. The molecule has 0 radical (unpaired) electrons. The van der Waals surface area contributed by atoms with Crippen LogP contribution in [0.25, 0.3) is 10.8 Å². The Kier molecular flexibility index (Phi) is 7.72. The number of rotatable bonds is 8. The molecule has 1 aliphatic carbocycles. The molecule has 1 heterocycles. The molecule has 35 heavy (non-hydrogen) atoms. The first-order valence-electron chi connectivity index (χ1n) is 13.4. The zero-order chi connectivity index (χ0) is 24.1. The Morgan fingerprint density at radius 1 is 0.857 bits per heavy atom. The molecule has 1 unspecified atom stereocenters. The molecule has 4 heteroatoms. The van der Waals surface area contributed by atoms with E-state index in [0.29, 0.717) is 6.61 Å². The molecular weight excluding hydrogens is 432 g/mol. The van der Waals surface area contributed by atoms with Crippen molar-refractivity contribution < 1.29 is 9.84 Å². The fraction of sp³-hybridized carbons (Fsp3) is 0.484. The molecule has 0 spiro atoms. The SMILES string of the molecule is CN1CCN(CC(c2ccc(OCCc3cccc4ccccc34)cc2)C2(O)CCCCC2)CC1. The molecule has 3 aromatic rings. The van der Waals surface area contributed by atoms with Gasteiger partial charge in [0.2, 0.25) is 0 Å². The maximum absolute atomic E-state index is 11.7. The van der Waals surface area contributed by atoms with Crippen LogP contribution in [0.4, 0.5) is 0 Å². The van der Waals surface area contributed by atoms with Crippen LogP contribution in [-0.4, -0.2) is 66.9 Å². The number of piperazine rings is 1. The van der Waals surface area contributed by atoms with Gasteiger partial charge in [0, 0.05) is 45.1 Å². The quantitative estimate of drug-likeness (QED) is 0.470. The number of hydrogen-bond acceptors (Lipinski definition) is 4. The summed E-state index contributed by atoms with van der Waals surface area (Å²) < 4.78 is 6.15. The van der Waals surface area contributed by atoms with Gasteiger partial charge in [-0.25, -0.2) is 0 Å². The normalized spacial score (nSPS) is 20.1. The van der Waals surface area contributed by atoms with Crippen molar-refractivity contribution in [3.8, 4) is 5.75 Å². The second-order valence-electron chi connectivity index (χ2n) is 10.6. The smallest absolute Gasteiger partial charge is 0.119 e. The molecule has 1 saturated heterocycles. The number of hydrogen-bond donors (Lipinski definition) is 1. The lowest BCUT2D eigenvalue weighted by atomic mass is 9.72. The Morgan fingerprint density at radius 3 is 2.34 bits per heavy atom. The summed E-state index contributed by atoms with van der Waals surface area (Å²) in [5.74, 6) is 1.05. The molecule has 1 atom stereocenters. The van der Waals surface area contributed by atoms with E-state index in [-0.39, 0.29) is 5.92 Å². The van der Waals surface area contributed by atoms with Crippen LogP contribution in [0, 0.1) is 0 Å². The summed E-state index contributed by atoms with van der Waals surface area (Å²) >= 11 is 0. The monoisotopic (exact) mass is 472 g/mol. The van der Waals surface area contributed by atoms with Crippen molar-refractivity contribution in [2.75, 3.05) is 46.4 Å². The van der Waals surface area contributed by atoms with Crippen LogP contribution in [0.5, 0.6) is 5.75 Å². The number of aliphatic hydroxyl groups is 1. The Morgan fingerprint density at radius 2 is 1.57 bits per heavy atom. The van der Waals surface area contributed by atoms with Gasteiger partial charge in [-0.3, -0.25) is 0 Å². The van der Waals surface area contributed by atoms with E-state index < -0.39 is 5.60 Å². The van der Waals surface area contributed by atoms with Gasteiger partial charge < -0.3 is 19.6 Å². The van der Waals surface area contributed by atoms with E-state index in [1.165, 1.54) is 28.3 Å². The molecule has 2 fully saturated rings. The molecule has 5 rings (SSSR count). The highest BCUT2D eigenvalue weighted by molar-refractivity contribution is 5.85. The number of ether oxygens (including phenoxy) is 1. The zero-order valence-electron chi connectivity index (χ0n) is 21.2. The van der Waals surface area contributed by atoms with E-state index in [9.17, 15) is 5.11 Å². The van der Waals surface area contributed by atoms with Crippen molar-refractivity contribution in [3.63, 3.8) is 0 Å². The maximum Gasteiger partial charge on any atom is 0.119 e. The first kappa shape index (κ1) is 24.3. The maximum atomic E-state index is 11.7. The van der Waals surface area contributed by atoms with Gasteiger partial charge >= 0.3 is 0 Å². The van der Waals surface area contributed by atoms with Crippen LogP contribution in [-0.2, 0) is 6.42 Å². The van der Waals surface area contributed by atoms with Crippen LogP contribution in [0.1, 0.15) is 49.1 Å². The van der Waals surface area contributed by atoms with Gasteiger partial charge in [-0.1, -0.05) is 73.9 Å². The van der Waals surface area contributed by atoms with Gasteiger partial charge in [-0.15, -0.1) is 0 Å². The highest BCUT2D eigenvalue weighted by atomic mass is 16.5. The summed E-state index contributed by atoms with van der Waals surface area (Å²) in [5.41, 5.74) is 1.97. The minimum Gasteiger partial charge on any atom is -0.493 e. The Hall–Kier alpha value is -2.40. The largest absolute Gasteiger partial charge is 0.493 e. The van der Waals surface area contributed by atoms with Gasteiger partial charge in [0.05, 0.1) is 12.2 Å². The van der Waals surface area contributed by atoms with Crippen molar-refractivity contribution in [1.29, 1.82) is 0 Å². The molecule has 1 aliphatic heterocycles. The number of benzene rings is 3. The van der Waals surface area contributed by atoms with Gasteiger partial charge in [-0.05, 0) is 53.9 Å². The first-order valence-corrected chi connectivity index (χ1v) is 13.4. The molecule has 1 N–H and O–H groups in total. The minimum atomic E-state index is -0.599. The standard InChI is InChI=1S/C31H40N2O2/c1-32-19-21-33(22-20-32)24-30(31(34)17-5-2-6-18-31)27-12-14-28(15-13-27)35-23-16-26-10-7-9-25-8-3-4-11-29(25)26/h3-4,7-15,30,34H,2,5-6,16-24H2,1H3. The molecular formula is C31H40N2O2. The average Bonchev–Trinajstić information content (AvgIpc) is 2.89.